The van der Waals surface area contributed by atoms with Crippen LogP contribution in [0.2, 0.25) is 4.44 Å². The van der Waals surface area contributed by atoms with Crippen molar-refractivity contribution in [1.82, 2.24) is 0 Å². The van der Waals surface area contributed by atoms with Crippen LogP contribution < -0.4 is 0 Å². The van der Waals surface area contributed by atoms with Crippen LogP contribution in [0.3, 0.4) is 0 Å². The van der Waals surface area contributed by atoms with Crippen molar-refractivity contribution in [1.29, 1.82) is 0 Å². The minimum absolute atomic E-state index is 0. The Balaban J connectivity index is 0. The van der Waals surface area contributed by atoms with Crippen LogP contribution >= 0.6 is 12.4 Å². The van der Waals surface area contributed by atoms with Gasteiger partial charge < -0.3 is 0 Å². The SMILES string of the molecule is CC(C)CC[CH2][Sn].Cl. The Labute approximate surface area is 71.9 Å². The molecule has 0 aromatic rings. The molecule has 0 aliphatic carbocycles. The minimum Gasteiger partial charge on any atom is -0.147 e. The Morgan fingerprint density at radius 2 is 1.88 bits per heavy atom. The Kier molecular flexibility index (Phi) is 12.0. The van der Waals surface area contributed by atoms with E-state index in [4.69, 9.17) is 0 Å². The maximum absolute atomic E-state index is 2.28. The van der Waals surface area contributed by atoms with Gasteiger partial charge in [-0.3, -0.25) is 0 Å². The molecule has 8 heavy (non-hydrogen) atoms. The van der Waals surface area contributed by atoms with Crippen LogP contribution in [0.25, 0.3) is 0 Å². The predicted octanol–water partition coefficient (Wildman–Crippen LogP) is 2.43. The normalized spacial score (nSPS) is 9.00. The fraction of sp³-hybridized carbons (Fsp3) is 1.00. The molecule has 0 atom stereocenters. The predicted molar refractivity (Wildman–Crippen MR) is 41.9 cm³/mol. The first-order valence-corrected chi connectivity index (χ1v) is 4.93. The van der Waals surface area contributed by atoms with Gasteiger partial charge in [-0.05, 0) is 0 Å². The first kappa shape index (κ1) is 11.8. The molecule has 3 radical (unpaired) electrons. The first-order valence-electron chi connectivity index (χ1n) is 2.92. The van der Waals surface area contributed by atoms with Crippen molar-refractivity contribution in [3.8, 4) is 0 Å². The largest absolute Gasteiger partial charge is 0.147 e. The molecule has 0 fully saturated rings. The van der Waals surface area contributed by atoms with Crippen LogP contribution in [0.15, 0.2) is 0 Å². The van der Waals surface area contributed by atoms with E-state index in [1.807, 2.05) is 0 Å². The maximum atomic E-state index is 2.28. The fourth-order valence-corrected chi connectivity index (χ4v) is 1.09. The van der Waals surface area contributed by atoms with Gasteiger partial charge in [0.15, 0.2) is 0 Å². The van der Waals surface area contributed by atoms with Gasteiger partial charge in [0.2, 0.25) is 0 Å². The summed E-state index contributed by atoms with van der Waals surface area (Å²) in [5.41, 5.74) is 0. The standard InChI is InChI=1S/C6H13.ClH.Sn/c1-4-5-6(2)3;;/h6H,1,4-5H2,2-3H3;1H;. The second-order valence-electron chi connectivity index (χ2n) is 2.29. The molecule has 0 aromatic heterocycles. The molecule has 0 aliphatic rings. The van der Waals surface area contributed by atoms with Gasteiger partial charge in [-0.25, -0.2) is 0 Å². The van der Waals surface area contributed by atoms with Gasteiger partial charge in [0, 0.05) is 0 Å². The molecule has 0 saturated carbocycles. The fourth-order valence-electron chi connectivity index (χ4n) is 0.510. The number of halogens is 1. The van der Waals surface area contributed by atoms with Crippen molar-refractivity contribution in [3.63, 3.8) is 0 Å². The van der Waals surface area contributed by atoms with Gasteiger partial charge in [-0.2, -0.15) is 0 Å². The zero-order valence-corrected chi connectivity index (χ0v) is 9.28. The molecule has 0 N–H and O–H groups in total. The second-order valence-corrected chi connectivity index (χ2v) is 3.71. The van der Waals surface area contributed by atoms with Crippen molar-refractivity contribution in [2.24, 2.45) is 5.92 Å². The molecule has 0 rings (SSSR count). The molecule has 2 heteroatoms. The van der Waals surface area contributed by atoms with E-state index in [1.54, 1.807) is 22.5 Å². The summed E-state index contributed by atoms with van der Waals surface area (Å²) in [6.07, 6.45) is 2.86. The zero-order chi connectivity index (χ0) is 5.70. The summed E-state index contributed by atoms with van der Waals surface area (Å²) in [5, 5.41) is 0. The molecule has 0 aromatic carbocycles. The van der Waals surface area contributed by atoms with Gasteiger partial charge >= 0.3 is 59.6 Å². The smallest absolute Gasteiger partial charge is 0.147 e. The maximum Gasteiger partial charge on any atom is -0.147 e. The quantitative estimate of drug-likeness (QED) is 0.665. The number of rotatable bonds is 3. The van der Waals surface area contributed by atoms with E-state index < -0.39 is 0 Å². The minimum atomic E-state index is 0. The first-order chi connectivity index (χ1) is 3.27. The van der Waals surface area contributed by atoms with E-state index in [1.165, 1.54) is 17.3 Å². The summed E-state index contributed by atoms with van der Waals surface area (Å²) >= 11 is 1.69. The van der Waals surface area contributed by atoms with Crippen LogP contribution in [0.1, 0.15) is 26.7 Å². The molecule has 49 valence electrons. The molecule has 0 aliphatic heterocycles. The average molecular weight is 240 g/mol. The molecule has 0 heterocycles. The van der Waals surface area contributed by atoms with E-state index in [0.717, 1.165) is 5.92 Å². The monoisotopic (exact) mass is 241 g/mol. The van der Waals surface area contributed by atoms with Gasteiger partial charge in [-0.15, -0.1) is 12.4 Å². The number of hydrogen-bond acceptors (Lipinski definition) is 0. The van der Waals surface area contributed by atoms with E-state index in [-0.39, 0.29) is 12.4 Å². The molecule has 0 saturated heterocycles. The Hall–Kier alpha value is 1.09. The molecule has 0 unspecified atom stereocenters. The Bertz CT molecular complexity index is 37.5. The topological polar surface area (TPSA) is 0 Å². The van der Waals surface area contributed by atoms with Crippen LogP contribution in [0, 0.1) is 5.92 Å². The van der Waals surface area contributed by atoms with Crippen LogP contribution in [-0.4, -0.2) is 22.5 Å². The van der Waals surface area contributed by atoms with Crippen LogP contribution in [0.4, 0.5) is 0 Å². The van der Waals surface area contributed by atoms with Crippen LogP contribution in [0.5, 0.6) is 0 Å². The van der Waals surface area contributed by atoms with Crippen molar-refractivity contribution in [2.45, 2.75) is 31.1 Å². The van der Waals surface area contributed by atoms with Gasteiger partial charge in [-0.1, -0.05) is 0 Å². The molecular weight excluding hydrogens is 226 g/mol. The van der Waals surface area contributed by atoms with Crippen molar-refractivity contribution < 1.29 is 0 Å². The Morgan fingerprint density at radius 3 is 2.00 bits per heavy atom. The summed E-state index contributed by atoms with van der Waals surface area (Å²) in [6.45, 7) is 4.57. The third-order valence-corrected chi connectivity index (χ3v) is 1.97. The van der Waals surface area contributed by atoms with Gasteiger partial charge in [0.1, 0.15) is 0 Å². The summed E-state index contributed by atoms with van der Waals surface area (Å²) in [4.78, 5) is 0. The van der Waals surface area contributed by atoms with Crippen molar-refractivity contribution in [2.75, 3.05) is 0 Å². The molecule has 0 spiro atoms. The zero-order valence-electron chi connectivity index (χ0n) is 5.61. The third kappa shape index (κ3) is 10.1. The summed E-state index contributed by atoms with van der Waals surface area (Å²) < 4.78 is 1.44. The molecule has 0 bridgehead atoms. The van der Waals surface area contributed by atoms with Crippen LogP contribution in [-0.2, 0) is 0 Å². The summed E-state index contributed by atoms with van der Waals surface area (Å²) in [5.74, 6) is 0.917. The second kappa shape index (κ2) is 8.09. The molecular formula is C6H14ClSn. The molecule has 0 amide bonds. The van der Waals surface area contributed by atoms with Crippen molar-refractivity contribution in [3.05, 3.63) is 0 Å². The van der Waals surface area contributed by atoms with E-state index in [2.05, 4.69) is 13.8 Å². The summed E-state index contributed by atoms with van der Waals surface area (Å²) in [7, 11) is 0. The van der Waals surface area contributed by atoms with Gasteiger partial charge in [0.05, 0.1) is 0 Å². The molecule has 0 nitrogen and oxygen atoms in total. The number of hydrogen-bond donors (Lipinski definition) is 0. The van der Waals surface area contributed by atoms with E-state index in [0.29, 0.717) is 0 Å². The summed E-state index contributed by atoms with van der Waals surface area (Å²) in [6, 6.07) is 0. The Morgan fingerprint density at radius 1 is 1.38 bits per heavy atom. The van der Waals surface area contributed by atoms with Gasteiger partial charge in [0.25, 0.3) is 0 Å². The van der Waals surface area contributed by atoms with Crippen molar-refractivity contribution >= 4 is 34.9 Å². The van der Waals surface area contributed by atoms with E-state index >= 15 is 0 Å². The average Bonchev–Trinajstić information content (AvgIpc) is 1.61. The van der Waals surface area contributed by atoms with E-state index in [9.17, 15) is 0 Å². The third-order valence-electron chi connectivity index (χ3n) is 0.958.